The first kappa shape index (κ1) is 19.9. The zero-order chi connectivity index (χ0) is 16.4. The van der Waals surface area contributed by atoms with Crippen molar-refractivity contribution in [1.29, 1.82) is 0 Å². The Morgan fingerprint density at radius 3 is 2.05 bits per heavy atom. The second kappa shape index (κ2) is 10.6. The van der Waals surface area contributed by atoms with Crippen molar-refractivity contribution in [2.75, 3.05) is 18.6 Å². The van der Waals surface area contributed by atoms with Gasteiger partial charge in [0.15, 0.2) is 0 Å². The van der Waals surface area contributed by atoms with Crippen LogP contribution in [0.1, 0.15) is 19.8 Å². The first-order valence-electron chi connectivity index (χ1n) is 6.16. The minimum atomic E-state index is -1.09. The van der Waals surface area contributed by atoms with Crippen LogP contribution in [0.15, 0.2) is 0 Å². The number of ketones is 2. The molecule has 9 heteroatoms. The van der Waals surface area contributed by atoms with Crippen molar-refractivity contribution in [1.82, 2.24) is 5.32 Å². The van der Waals surface area contributed by atoms with Gasteiger partial charge in [0.25, 0.3) is 0 Å². The Labute approximate surface area is 130 Å². The summed E-state index contributed by atoms with van der Waals surface area (Å²) in [6.07, 6.45) is -0.431. The number of hydrogen-bond acceptors (Lipinski definition) is 7. The molecule has 3 N–H and O–H groups in total. The van der Waals surface area contributed by atoms with E-state index >= 15 is 0 Å². The average molecular weight is 337 g/mol. The number of rotatable bonds is 12. The van der Waals surface area contributed by atoms with Crippen molar-refractivity contribution in [3.8, 4) is 0 Å². The molecule has 0 saturated heterocycles. The van der Waals surface area contributed by atoms with E-state index in [2.05, 4.69) is 5.32 Å². The molecule has 0 fully saturated rings. The number of carboxylic acid groups (broad SMARTS) is 2. The van der Waals surface area contributed by atoms with Crippen LogP contribution < -0.4 is 5.32 Å². The number of Topliss-reactive ketones (excluding diaryl/α,β-unsaturated/α-hetero) is 2. The number of carboxylic acids is 2. The van der Waals surface area contributed by atoms with Crippen LogP contribution in [0.3, 0.4) is 0 Å². The van der Waals surface area contributed by atoms with Gasteiger partial charge >= 0.3 is 11.9 Å². The van der Waals surface area contributed by atoms with E-state index in [1.165, 1.54) is 35.6 Å². The van der Waals surface area contributed by atoms with Crippen LogP contribution in [0.25, 0.3) is 0 Å². The first-order valence-corrected chi connectivity index (χ1v) is 8.65. The van der Waals surface area contributed by atoms with Gasteiger partial charge in [-0.25, -0.2) is 0 Å². The quantitative estimate of drug-likeness (QED) is 0.268. The van der Waals surface area contributed by atoms with Gasteiger partial charge in [0.05, 0.1) is 12.3 Å². The van der Waals surface area contributed by atoms with Crippen molar-refractivity contribution in [3.05, 3.63) is 0 Å². The molecule has 21 heavy (non-hydrogen) atoms. The lowest BCUT2D eigenvalue weighted by atomic mass is 10.0. The maximum absolute atomic E-state index is 11.5. The molecular formula is C12H19NO6S2. The summed E-state index contributed by atoms with van der Waals surface area (Å²) in [4.78, 5) is 44.1. The number of hydrogen-bond donors (Lipinski definition) is 3. The minimum absolute atomic E-state index is 0.180. The molecule has 0 spiro atoms. The summed E-state index contributed by atoms with van der Waals surface area (Å²) in [5.41, 5.74) is 0. The summed E-state index contributed by atoms with van der Waals surface area (Å²) in [6, 6.07) is -0.704. The van der Waals surface area contributed by atoms with E-state index in [0.717, 1.165) is 0 Å². The number of likely N-dealkylation sites (N-methyl/N-ethyl adjacent to an activating group) is 1. The van der Waals surface area contributed by atoms with Crippen LogP contribution >= 0.6 is 21.6 Å². The van der Waals surface area contributed by atoms with Gasteiger partial charge in [-0.3, -0.25) is 19.2 Å². The topological polar surface area (TPSA) is 121 Å². The molecule has 0 aromatic carbocycles. The molecule has 2 unspecified atom stereocenters. The predicted octanol–water partition coefficient (Wildman–Crippen LogP) is 0.679. The lowest BCUT2D eigenvalue weighted by Gasteiger charge is -2.12. The van der Waals surface area contributed by atoms with Gasteiger partial charge in [0.1, 0.15) is 17.6 Å². The normalized spacial score (nSPS) is 13.4. The second-order valence-corrected chi connectivity index (χ2v) is 6.96. The highest BCUT2D eigenvalue weighted by Crippen LogP contribution is 2.26. The van der Waals surface area contributed by atoms with E-state index in [1.807, 2.05) is 0 Å². The van der Waals surface area contributed by atoms with E-state index < -0.39 is 23.9 Å². The molecule has 0 aliphatic heterocycles. The molecule has 7 nitrogen and oxygen atoms in total. The third-order valence-corrected chi connectivity index (χ3v) is 4.99. The van der Waals surface area contributed by atoms with Crippen LogP contribution in [0.5, 0.6) is 0 Å². The second-order valence-electron chi connectivity index (χ2n) is 4.41. The molecular weight excluding hydrogens is 318 g/mol. The van der Waals surface area contributed by atoms with Gasteiger partial charge < -0.3 is 15.5 Å². The standard InChI is InChI=1S/C12H19NO6S2/c1-7(14)3-9(15)4-8(11(16)17)5-20-21-6-10(13-2)12(18)19/h8,10,13H,3-6H2,1-2H3,(H,16,17)(H,18,19). The van der Waals surface area contributed by atoms with Gasteiger partial charge in [-0.05, 0) is 14.0 Å². The van der Waals surface area contributed by atoms with Gasteiger partial charge in [-0.15, -0.1) is 0 Å². The molecule has 0 aromatic rings. The largest absolute Gasteiger partial charge is 0.481 e. The maximum Gasteiger partial charge on any atom is 0.321 e. The Kier molecular flexibility index (Phi) is 10.1. The van der Waals surface area contributed by atoms with E-state index in [4.69, 9.17) is 10.2 Å². The molecule has 0 aliphatic rings. The molecule has 0 rings (SSSR count). The molecule has 0 heterocycles. The summed E-state index contributed by atoms with van der Waals surface area (Å²) < 4.78 is 0. The fourth-order valence-electron chi connectivity index (χ4n) is 1.37. The summed E-state index contributed by atoms with van der Waals surface area (Å²) >= 11 is 0. The van der Waals surface area contributed by atoms with Crippen LogP contribution in [0.2, 0.25) is 0 Å². The predicted molar refractivity (Wildman–Crippen MR) is 81.4 cm³/mol. The zero-order valence-corrected chi connectivity index (χ0v) is 13.5. The number of carbonyl (C=O) groups excluding carboxylic acids is 2. The highest BCUT2D eigenvalue weighted by molar-refractivity contribution is 8.76. The Morgan fingerprint density at radius 1 is 1.05 bits per heavy atom. The highest BCUT2D eigenvalue weighted by Gasteiger charge is 2.22. The maximum atomic E-state index is 11.5. The van der Waals surface area contributed by atoms with E-state index in [9.17, 15) is 19.2 Å². The lowest BCUT2D eigenvalue weighted by molar-refractivity contribution is -0.143. The average Bonchev–Trinajstić information content (AvgIpc) is 2.35. The van der Waals surface area contributed by atoms with Crippen LogP contribution in [0.4, 0.5) is 0 Å². The van der Waals surface area contributed by atoms with Crippen molar-refractivity contribution in [3.63, 3.8) is 0 Å². The Bertz CT molecular complexity index is 401. The minimum Gasteiger partial charge on any atom is -0.481 e. The van der Waals surface area contributed by atoms with Crippen LogP contribution in [-0.2, 0) is 19.2 Å². The lowest BCUT2D eigenvalue weighted by Crippen LogP contribution is -2.35. The van der Waals surface area contributed by atoms with Crippen molar-refractivity contribution in [2.24, 2.45) is 5.92 Å². The monoisotopic (exact) mass is 337 g/mol. The van der Waals surface area contributed by atoms with Crippen molar-refractivity contribution < 1.29 is 29.4 Å². The number of nitrogens with one attached hydrogen (secondary N) is 1. The Balaban J connectivity index is 4.16. The Morgan fingerprint density at radius 2 is 1.62 bits per heavy atom. The summed E-state index contributed by atoms with van der Waals surface area (Å²) in [5, 5.41) is 20.5. The Hall–Kier alpha value is -1.06. The molecule has 0 radical (unpaired) electrons. The molecule has 2 atom stereocenters. The molecule has 0 aromatic heterocycles. The molecule has 0 bridgehead atoms. The van der Waals surface area contributed by atoms with Gasteiger partial charge in [0, 0.05) is 17.9 Å². The molecule has 0 saturated carbocycles. The third-order valence-electron chi connectivity index (χ3n) is 2.50. The van der Waals surface area contributed by atoms with Crippen LogP contribution in [0, 0.1) is 5.92 Å². The van der Waals surface area contributed by atoms with E-state index in [-0.39, 0.29) is 35.9 Å². The summed E-state index contributed by atoms with van der Waals surface area (Å²) in [7, 11) is 3.97. The van der Waals surface area contributed by atoms with Crippen molar-refractivity contribution >= 4 is 45.1 Å². The van der Waals surface area contributed by atoms with Gasteiger partial charge in [-0.2, -0.15) is 0 Å². The fraction of sp³-hybridized carbons (Fsp3) is 0.667. The van der Waals surface area contributed by atoms with E-state index in [1.54, 1.807) is 0 Å². The molecule has 0 amide bonds. The van der Waals surface area contributed by atoms with E-state index in [0.29, 0.717) is 0 Å². The highest BCUT2D eigenvalue weighted by atomic mass is 33.1. The third kappa shape index (κ3) is 9.48. The SMILES string of the molecule is CNC(CSSCC(CC(=O)CC(C)=O)C(=O)O)C(=O)O. The smallest absolute Gasteiger partial charge is 0.321 e. The molecule has 120 valence electrons. The fourth-order valence-corrected chi connectivity index (χ4v) is 3.91. The van der Waals surface area contributed by atoms with Gasteiger partial charge in [-0.1, -0.05) is 21.6 Å². The molecule has 0 aliphatic carbocycles. The number of aliphatic carboxylic acids is 2. The zero-order valence-electron chi connectivity index (χ0n) is 11.8. The summed E-state index contributed by atoms with van der Waals surface area (Å²) in [6.45, 7) is 1.28. The van der Waals surface area contributed by atoms with Crippen LogP contribution in [-0.4, -0.2) is 58.3 Å². The number of carbonyl (C=O) groups is 4. The van der Waals surface area contributed by atoms with Gasteiger partial charge in [0.2, 0.25) is 0 Å². The first-order chi connectivity index (χ1) is 9.77. The van der Waals surface area contributed by atoms with Crippen molar-refractivity contribution in [2.45, 2.75) is 25.8 Å². The summed E-state index contributed by atoms with van der Waals surface area (Å²) in [5.74, 6) is -3.15.